The molecule has 0 saturated heterocycles. The number of anilines is 1. The van der Waals surface area contributed by atoms with E-state index in [-0.39, 0.29) is 0 Å². The van der Waals surface area contributed by atoms with Crippen LogP contribution in [0.2, 0.25) is 0 Å². The average Bonchev–Trinajstić information content (AvgIpc) is 2.72. The fraction of sp³-hybridized carbons (Fsp3) is 0. The van der Waals surface area contributed by atoms with E-state index in [0.717, 1.165) is 28.0 Å². The smallest absolute Gasteiger partial charge is 0.135 e. The molecule has 0 amide bonds. The number of fused-ring (bicyclic) bond motifs is 1. The molecule has 0 unspecified atom stereocenters. The molecule has 3 aromatic rings. The highest BCUT2D eigenvalue weighted by atomic mass is 127. The number of hydrogen-bond acceptors (Lipinski definition) is 2. The number of benzene rings is 2. The van der Waals surface area contributed by atoms with Crippen LogP contribution in [-0.2, 0) is 0 Å². The molecule has 0 spiro atoms. The van der Waals surface area contributed by atoms with Crippen LogP contribution in [-0.4, -0.2) is 0 Å². The molecule has 0 atom stereocenters. The van der Waals surface area contributed by atoms with Crippen molar-refractivity contribution in [1.29, 1.82) is 0 Å². The molecule has 1 aromatic heterocycles. The number of rotatable bonds is 1. The van der Waals surface area contributed by atoms with Crippen molar-refractivity contribution in [3.8, 4) is 11.3 Å². The number of furan rings is 1. The predicted octanol–water partition coefficient (Wildman–Crippen LogP) is 4.29. The standard InChI is InChI=1S/C14H10INO/c15-11-4-1-10-7-13(17-14(10)8-11)9-2-5-12(16)6-3-9/h1-8H,16H2. The van der Waals surface area contributed by atoms with Crippen molar-refractivity contribution in [2.24, 2.45) is 0 Å². The summed E-state index contributed by atoms with van der Waals surface area (Å²) in [4.78, 5) is 0. The number of hydrogen-bond donors (Lipinski definition) is 1. The van der Waals surface area contributed by atoms with Crippen LogP contribution in [0.3, 0.4) is 0 Å². The first-order chi connectivity index (χ1) is 8.22. The van der Waals surface area contributed by atoms with Crippen LogP contribution in [0.4, 0.5) is 5.69 Å². The second-order valence-corrected chi connectivity index (χ2v) is 5.16. The lowest BCUT2D eigenvalue weighted by molar-refractivity contribution is 0.631. The van der Waals surface area contributed by atoms with Gasteiger partial charge in [0.05, 0.1) is 0 Å². The molecule has 2 nitrogen and oxygen atoms in total. The van der Waals surface area contributed by atoms with Gasteiger partial charge in [-0.1, -0.05) is 6.07 Å². The maximum Gasteiger partial charge on any atom is 0.135 e. The van der Waals surface area contributed by atoms with Crippen LogP contribution in [0.15, 0.2) is 52.9 Å². The summed E-state index contributed by atoms with van der Waals surface area (Å²) in [5, 5.41) is 1.12. The molecule has 0 fully saturated rings. The van der Waals surface area contributed by atoms with Crippen LogP contribution >= 0.6 is 22.6 Å². The Balaban J connectivity index is 2.14. The Labute approximate surface area is 113 Å². The maximum absolute atomic E-state index is 5.83. The van der Waals surface area contributed by atoms with Gasteiger partial charge in [0.2, 0.25) is 0 Å². The van der Waals surface area contributed by atoms with Gasteiger partial charge in [-0.25, -0.2) is 0 Å². The van der Waals surface area contributed by atoms with Gasteiger partial charge in [0.1, 0.15) is 11.3 Å². The minimum Gasteiger partial charge on any atom is -0.456 e. The van der Waals surface area contributed by atoms with E-state index in [1.54, 1.807) is 0 Å². The summed E-state index contributed by atoms with van der Waals surface area (Å²) in [7, 11) is 0. The first-order valence-corrected chi connectivity index (χ1v) is 6.35. The largest absolute Gasteiger partial charge is 0.456 e. The lowest BCUT2D eigenvalue weighted by atomic mass is 10.1. The van der Waals surface area contributed by atoms with Crippen molar-refractivity contribution < 1.29 is 4.42 Å². The van der Waals surface area contributed by atoms with Crippen LogP contribution in [0.1, 0.15) is 0 Å². The summed E-state index contributed by atoms with van der Waals surface area (Å²) in [5.74, 6) is 0.877. The molecular weight excluding hydrogens is 325 g/mol. The number of halogens is 1. The SMILES string of the molecule is Nc1ccc(-c2cc3ccc(I)cc3o2)cc1. The lowest BCUT2D eigenvalue weighted by Crippen LogP contribution is -1.82. The van der Waals surface area contributed by atoms with Crippen LogP contribution < -0.4 is 5.73 Å². The molecule has 3 rings (SSSR count). The van der Waals surface area contributed by atoms with Crippen molar-refractivity contribution in [3.63, 3.8) is 0 Å². The van der Waals surface area contributed by atoms with Crippen molar-refractivity contribution in [2.75, 3.05) is 5.73 Å². The second-order valence-electron chi connectivity index (χ2n) is 3.91. The summed E-state index contributed by atoms with van der Waals surface area (Å²) in [5.41, 5.74) is 8.40. The third-order valence-corrected chi connectivity index (χ3v) is 3.35. The molecule has 0 saturated carbocycles. The zero-order chi connectivity index (χ0) is 11.8. The normalized spacial score (nSPS) is 10.9. The molecule has 0 aliphatic carbocycles. The molecule has 84 valence electrons. The Morgan fingerprint density at radius 3 is 2.47 bits per heavy atom. The Morgan fingerprint density at radius 2 is 1.71 bits per heavy atom. The molecule has 17 heavy (non-hydrogen) atoms. The van der Waals surface area contributed by atoms with Crippen molar-refractivity contribution in [3.05, 3.63) is 52.1 Å². The molecule has 2 aromatic carbocycles. The summed E-state index contributed by atoms with van der Waals surface area (Å²) < 4.78 is 7.00. The zero-order valence-electron chi connectivity index (χ0n) is 8.98. The van der Waals surface area contributed by atoms with Crippen molar-refractivity contribution in [1.82, 2.24) is 0 Å². The number of nitrogen functional groups attached to an aromatic ring is 1. The Morgan fingerprint density at radius 1 is 0.941 bits per heavy atom. The van der Waals surface area contributed by atoms with Crippen molar-refractivity contribution >= 4 is 39.2 Å². The van der Waals surface area contributed by atoms with E-state index in [1.165, 1.54) is 3.57 Å². The minimum absolute atomic E-state index is 0.763. The van der Waals surface area contributed by atoms with E-state index in [2.05, 4.69) is 40.8 Å². The van der Waals surface area contributed by atoms with Gasteiger partial charge in [-0.3, -0.25) is 0 Å². The molecule has 0 aliphatic rings. The molecule has 0 radical (unpaired) electrons. The average molecular weight is 335 g/mol. The van der Waals surface area contributed by atoms with E-state index in [1.807, 2.05) is 30.3 Å². The number of nitrogens with two attached hydrogens (primary N) is 1. The zero-order valence-corrected chi connectivity index (χ0v) is 11.1. The Hall–Kier alpha value is -1.49. The molecule has 0 aliphatic heterocycles. The van der Waals surface area contributed by atoms with Crippen LogP contribution in [0.25, 0.3) is 22.3 Å². The van der Waals surface area contributed by atoms with Crippen molar-refractivity contribution in [2.45, 2.75) is 0 Å². The van der Waals surface area contributed by atoms with Gasteiger partial charge in [0, 0.05) is 20.2 Å². The van der Waals surface area contributed by atoms with E-state index >= 15 is 0 Å². The summed E-state index contributed by atoms with van der Waals surface area (Å²) >= 11 is 2.28. The predicted molar refractivity (Wildman–Crippen MR) is 78.8 cm³/mol. The van der Waals surface area contributed by atoms with Gasteiger partial charge >= 0.3 is 0 Å². The topological polar surface area (TPSA) is 39.2 Å². The second kappa shape index (κ2) is 4.07. The fourth-order valence-electron chi connectivity index (χ4n) is 1.79. The lowest BCUT2D eigenvalue weighted by Gasteiger charge is -1.96. The van der Waals surface area contributed by atoms with Gasteiger partial charge in [0.25, 0.3) is 0 Å². The van der Waals surface area contributed by atoms with Crippen LogP contribution in [0.5, 0.6) is 0 Å². The van der Waals surface area contributed by atoms with Crippen LogP contribution in [0, 0.1) is 3.57 Å². The fourth-order valence-corrected chi connectivity index (χ4v) is 2.26. The van der Waals surface area contributed by atoms with E-state index < -0.39 is 0 Å². The third-order valence-electron chi connectivity index (χ3n) is 2.68. The van der Waals surface area contributed by atoms with E-state index in [4.69, 9.17) is 10.2 Å². The highest BCUT2D eigenvalue weighted by Gasteiger charge is 2.06. The Kier molecular flexibility index (Phi) is 2.55. The van der Waals surface area contributed by atoms with Gasteiger partial charge in [-0.05, 0) is 65.1 Å². The molecular formula is C14H10INO. The molecule has 2 N–H and O–H groups in total. The summed E-state index contributed by atoms with van der Waals surface area (Å²) in [6.45, 7) is 0. The van der Waals surface area contributed by atoms with Gasteiger partial charge in [-0.2, -0.15) is 0 Å². The third kappa shape index (κ3) is 2.02. The Bertz CT molecular complexity index is 670. The maximum atomic E-state index is 5.83. The molecule has 0 bridgehead atoms. The summed E-state index contributed by atoms with van der Waals surface area (Å²) in [6.07, 6.45) is 0. The highest BCUT2D eigenvalue weighted by molar-refractivity contribution is 14.1. The first-order valence-electron chi connectivity index (χ1n) is 5.27. The summed E-state index contributed by atoms with van der Waals surface area (Å²) in [6, 6.07) is 15.9. The van der Waals surface area contributed by atoms with E-state index in [0.29, 0.717) is 0 Å². The van der Waals surface area contributed by atoms with Gasteiger partial charge in [-0.15, -0.1) is 0 Å². The first kappa shape index (κ1) is 10.7. The minimum atomic E-state index is 0.763. The van der Waals surface area contributed by atoms with Gasteiger partial charge < -0.3 is 10.2 Å². The highest BCUT2D eigenvalue weighted by Crippen LogP contribution is 2.29. The van der Waals surface area contributed by atoms with E-state index in [9.17, 15) is 0 Å². The molecule has 3 heteroatoms. The molecule has 1 heterocycles. The quantitative estimate of drug-likeness (QED) is 0.532. The van der Waals surface area contributed by atoms with Gasteiger partial charge in [0.15, 0.2) is 0 Å². The monoisotopic (exact) mass is 335 g/mol.